The van der Waals surface area contributed by atoms with E-state index in [0.717, 1.165) is 18.4 Å². The number of hydrogen-bond acceptors (Lipinski definition) is 1. The molecule has 1 atom stereocenters. The van der Waals surface area contributed by atoms with Gasteiger partial charge in [0.25, 0.3) is 0 Å². The van der Waals surface area contributed by atoms with Gasteiger partial charge in [-0.05, 0) is 24.3 Å². The first-order valence-electron chi connectivity index (χ1n) is 5.13. The van der Waals surface area contributed by atoms with E-state index in [1.165, 1.54) is 6.42 Å². The molecular weight excluding hydrogens is 174 g/mol. The van der Waals surface area contributed by atoms with E-state index in [9.17, 15) is 4.79 Å². The quantitative estimate of drug-likeness (QED) is 0.777. The van der Waals surface area contributed by atoms with E-state index in [0.29, 0.717) is 5.92 Å². The Balaban J connectivity index is 2.22. The van der Waals surface area contributed by atoms with Crippen LogP contribution in [0.2, 0.25) is 0 Å². The number of carbonyl (C=O) groups excluding carboxylic acids is 1. The summed E-state index contributed by atoms with van der Waals surface area (Å²) in [4.78, 5) is 11.4. The van der Waals surface area contributed by atoms with E-state index in [4.69, 9.17) is 5.73 Å². The fourth-order valence-electron chi connectivity index (χ4n) is 2.10. The molecule has 1 aromatic carbocycles. The van der Waals surface area contributed by atoms with E-state index in [1.807, 2.05) is 30.3 Å². The van der Waals surface area contributed by atoms with E-state index >= 15 is 0 Å². The average molecular weight is 189 g/mol. The van der Waals surface area contributed by atoms with Crippen molar-refractivity contribution >= 4 is 5.91 Å². The third kappa shape index (κ3) is 1.65. The molecule has 1 saturated carbocycles. The number of hydrogen-bond donors (Lipinski definition) is 1. The Morgan fingerprint density at radius 3 is 2.36 bits per heavy atom. The predicted octanol–water partition coefficient (Wildman–Crippen LogP) is 2.06. The summed E-state index contributed by atoms with van der Waals surface area (Å²) in [5, 5.41) is 0. The lowest BCUT2D eigenvalue weighted by molar-refractivity contribution is -0.121. The zero-order chi connectivity index (χ0) is 9.97. The molecule has 2 rings (SSSR count). The van der Waals surface area contributed by atoms with Gasteiger partial charge in [0.1, 0.15) is 0 Å². The van der Waals surface area contributed by atoms with Gasteiger partial charge in [0.2, 0.25) is 5.91 Å². The first-order valence-corrected chi connectivity index (χ1v) is 5.13. The molecule has 2 heteroatoms. The lowest BCUT2D eigenvalue weighted by Crippen LogP contribution is -2.31. The standard InChI is InChI=1S/C12H15NO/c13-12(14)11(10-7-4-8-10)9-5-2-1-3-6-9/h1-3,5-6,10-11H,4,7-8H2,(H2,13,14). The zero-order valence-electron chi connectivity index (χ0n) is 8.15. The van der Waals surface area contributed by atoms with Crippen LogP contribution in [-0.2, 0) is 4.79 Å². The van der Waals surface area contributed by atoms with Crippen molar-refractivity contribution in [2.24, 2.45) is 11.7 Å². The minimum Gasteiger partial charge on any atom is -0.369 e. The molecule has 1 unspecified atom stereocenters. The number of primary amides is 1. The summed E-state index contributed by atoms with van der Waals surface area (Å²) >= 11 is 0. The average Bonchev–Trinajstić information content (AvgIpc) is 2.12. The lowest BCUT2D eigenvalue weighted by atomic mass is 9.73. The van der Waals surface area contributed by atoms with Crippen molar-refractivity contribution in [3.05, 3.63) is 35.9 Å². The van der Waals surface area contributed by atoms with Crippen LogP contribution in [0.15, 0.2) is 30.3 Å². The smallest absolute Gasteiger partial charge is 0.225 e. The zero-order valence-corrected chi connectivity index (χ0v) is 8.15. The van der Waals surface area contributed by atoms with Crippen LogP contribution in [0.25, 0.3) is 0 Å². The maximum absolute atomic E-state index is 11.4. The summed E-state index contributed by atoms with van der Waals surface area (Å²) < 4.78 is 0. The monoisotopic (exact) mass is 189 g/mol. The maximum atomic E-state index is 11.4. The van der Waals surface area contributed by atoms with Crippen LogP contribution in [-0.4, -0.2) is 5.91 Å². The summed E-state index contributed by atoms with van der Waals surface area (Å²) in [6, 6.07) is 9.87. The van der Waals surface area contributed by atoms with Crippen molar-refractivity contribution in [3.63, 3.8) is 0 Å². The molecule has 1 fully saturated rings. The number of rotatable bonds is 3. The van der Waals surface area contributed by atoms with Crippen LogP contribution in [0.3, 0.4) is 0 Å². The van der Waals surface area contributed by atoms with Crippen molar-refractivity contribution < 1.29 is 4.79 Å². The molecular formula is C12H15NO. The number of amides is 1. The van der Waals surface area contributed by atoms with Gasteiger partial charge in [-0.25, -0.2) is 0 Å². The van der Waals surface area contributed by atoms with Crippen LogP contribution in [0.4, 0.5) is 0 Å². The van der Waals surface area contributed by atoms with Crippen LogP contribution in [0, 0.1) is 5.92 Å². The van der Waals surface area contributed by atoms with Gasteiger partial charge < -0.3 is 5.73 Å². The topological polar surface area (TPSA) is 43.1 Å². The molecule has 2 N–H and O–H groups in total. The highest BCUT2D eigenvalue weighted by atomic mass is 16.1. The van der Waals surface area contributed by atoms with E-state index in [2.05, 4.69) is 0 Å². The van der Waals surface area contributed by atoms with Crippen LogP contribution < -0.4 is 5.73 Å². The molecule has 0 bridgehead atoms. The Morgan fingerprint density at radius 1 is 1.29 bits per heavy atom. The Labute approximate surface area is 84.1 Å². The van der Waals surface area contributed by atoms with Gasteiger partial charge >= 0.3 is 0 Å². The predicted molar refractivity (Wildman–Crippen MR) is 55.7 cm³/mol. The van der Waals surface area contributed by atoms with Crippen molar-refractivity contribution in [1.82, 2.24) is 0 Å². The summed E-state index contributed by atoms with van der Waals surface area (Å²) in [5.41, 5.74) is 6.51. The lowest BCUT2D eigenvalue weighted by Gasteiger charge is -2.32. The summed E-state index contributed by atoms with van der Waals surface area (Å²) in [6.45, 7) is 0. The van der Waals surface area contributed by atoms with Gasteiger partial charge in [-0.1, -0.05) is 36.8 Å². The normalized spacial score (nSPS) is 18.6. The Morgan fingerprint density at radius 2 is 1.93 bits per heavy atom. The molecule has 1 aliphatic rings. The highest BCUT2D eigenvalue weighted by Gasteiger charge is 2.32. The Bertz CT molecular complexity index is 316. The first-order chi connectivity index (χ1) is 6.79. The van der Waals surface area contributed by atoms with Crippen LogP contribution in [0.5, 0.6) is 0 Å². The molecule has 2 nitrogen and oxygen atoms in total. The fraction of sp³-hybridized carbons (Fsp3) is 0.417. The van der Waals surface area contributed by atoms with Gasteiger partial charge in [0.15, 0.2) is 0 Å². The van der Waals surface area contributed by atoms with Crippen LogP contribution >= 0.6 is 0 Å². The van der Waals surface area contributed by atoms with Crippen LogP contribution in [0.1, 0.15) is 30.7 Å². The van der Waals surface area contributed by atoms with E-state index in [1.54, 1.807) is 0 Å². The fourth-order valence-corrected chi connectivity index (χ4v) is 2.10. The molecule has 0 heterocycles. The van der Waals surface area contributed by atoms with Gasteiger partial charge in [-0.15, -0.1) is 0 Å². The minimum absolute atomic E-state index is 0.0649. The maximum Gasteiger partial charge on any atom is 0.225 e. The SMILES string of the molecule is NC(=O)C(c1ccccc1)C1CCC1. The third-order valence-electron chi connectivity index (χ3n) is 3.09. The molecule has 14 heavy (non-hydrogen) atoms. The van der Waals surface area contributed by atoms with Crippen molar-refractivity contribution in [2.75, 3.05) is 0 Å². The second kappa shape index (κ2) is 3.82. The second-order valence-electron chi connectivity index (χ2n) is 3.98. The molecule has 0 aromatic heterocycles. The molecule has 0 aliphatic heterocycles. The van der Waals surface area contributed by atoms with Crippen molar-refractivity contribution in [1.29, 1.82) is 0 Å². The van der Waals surface area contributed by atoms with Crippen molar-refractivity contribution in [2.45, 2.75) is 25.2 Å². The summed E-state index contributed by atoms with van der Waals surface area (Å²) in [5.74, 6) is 0.237. The second-order valence-corrected chi connectivity index (χ2v) is 3.98. The number of nitrogens with two attached hydrogens (primary N) is 1. The number of benzene rings is 1. The molecule has 74 valence electrons. The third-order valence-corrected chi connectivity index (χ3v) is 3.09. The van der Waals surface area contributed by atoms with Crippen molar-refractivity contribution in [3.8, 4) is 0 Å². The molecule has 0 saturated heterocycles. The first kappa shape index (κ1) is 9.25. The Hall–Kier alpha value is -1.31. The van der Waals surface area contributed by atoms with Gasteiger partial charge in [0, 0.05) is 0 Å². The minimum atomic E-state index is -0.180. The molecule has 1 amide bonds. The summed E-state index contributed by atoms with van der Waals surface area (Å²) in [7, 11) is 0. The molecule has 0 spiro atoms. The summed E-state index contributed by atoms with van der Waals surface area (Å²) in [6.07, 6.45) is 3.52. The molecule has 1 aromatic rings. The number of carbonyl (C=O) groups is 1. The Kier molecular flexibility index (Phi) is 2.53. The molecule has 1 aliphatic carbocycles. The highest BCUT2D eigenvalue weighted by molar-refractivity contribution is 5.82. The van der Waals surface area contributed by atoms with E-state index in [-0.39, 0.29) is 11.8 Å². The largest absolute Gasteiger partial charge is 0.369 e. The molecule has 0 radical (unpaired) electrons. The van der Waals surface area contributed by atoms with E-state index < -0.39 is 0 Å². The van der Waals surface area contributed by atoms with Gasteiger partial charge in [-0.3, -0.25) is 4.79 Å². The van der Waals surface area contributed by atoms with Gasteiger partial charge in [0.05, 0.1) is 5.92 Å². The highest BCUT2D eigenvalue weighted by Crippen LogP contribution is 2.38. The van der Waals surface area contributed by atoms with Gasteiger partial charge in [-0.2, -0.15) is 0 Å².